The van der Waals surface area contributed by atoms with Gasteiger partial charge in [-0.3, -0.25) is 0 Å². The Morgan fingerprint density at radius 3 is 2.42 bits per heavy atom. The highest BCUT2D eigenvalue weighted by Crippen LogP contribution is 2.26. The van der Waals surface area contributed by atoms with Crippen LogP contribution in [0.3, 0.4) is 0 Å². The maximum atomic E-state index is 11.9. The van der Waals surface area contributed by atoms with Crippen molar-refractivity contribution in [3.63, 3.8) is 0 Å². The van der Waals surface area contributed by atoms with Gasteiger partial charge in [0.2, 0.25) is 10.0 Å². The molecule has 0 bridgehead atoms. The minimum atomic E-state index is -4.30. The van der Waals surface area contributed by atoms with Crippen molar-refractivity contribution in [1.82, 2.24) is 4.72 Å². The Morgan fingerprint density at radius 2 is 1.89 bits per heavy atom. The minimum Gasteiger partial charge on any atom is -0.330 e. The van der Waals surface area contributed by atoms with Crippen LogP contribution in [0.4, 0.5) is 13.2 Å². The zero-order chi connectivity index (χ0) is 13.8. The van der Waals surface area contributed by atoms with Crippen LogP contribution >= 0.6 is 12.4 Å². The van der Waals surface area contributed by atoms with Crippen LogP contribution < -0.4 is 10.5 Å². The van der Waals surface area contributed by atoms with Crippen LogP contribution in [0.25, 0.3) is 0 Å². The second-order valence-electron chi connectivity index (χ2n) is 4.69. The molecule has 2 unspecified atom stereocenters. The first-order valence-electron chi connectivity index (χ1n) is 6.00. The second kappa shape index (κ2) is 7.66. The quantitative estimate of drug-likeness (QED) is 0.782. The highest BCUT2D eigenvalue weighted by Gasteiger charge is 2.31. The standard InChI is InChI=1S/C10H19F3N2O2S.ClH/c11-10(12,13)5-2-6-18(16,17)15-9-4-1-3-8(9)7-14;/h8-9,15H,1-7,14H2;1H. The average Bonchev–Trinajstić information content (AvgIpc) is 2.61. The molecule has 19 heavy (non-hydrogen) atoms. The van der Waals surface area contributed by atoms with Crippen molar-refractivity contribution in [3.8, 4) is 0 Å². The Hall–Kier alpha value is -0.0500. The van der Waals surface area contributed by atoms with Gasteiger partial charge in [-0.25, -0.2) is 13.1 Å². The monoisotopic (exact) mass is 324 g/mol. The molecule has 1 saturated carbocycles. The second-order valence-corrected chi connectivity index (χ2v) is 6.56. The summed E-state index contributed by atoms with van der Waals surface area (Å²) < 4.78 is 61.5. The van der Waals surface area contributed by atoms with E-state index < -0.39 is 34.8 Å². The predicted molar refractivity (Wildman–Crippen MR) is 69.6 cm³/mol. The van der Waals surface area contributed by atoms with E-state index in [-0.39, 0.29) is 24.4 Å². The average molecular weight is 325 g/mol. The van der Waals surface area contributed by atoms with Gasteiger partial charge in [-0.15, -0.1) is 12.4 Å². The first kappa shape index (κ1) is 18.9. The number of hydrogen-bond acceptors (Lipinski definition) is 3. The zero-order valence-electron chi connectivity index (χ0n) is 10.4. The molecule has 1 aliphatic rings. The fourth-order valence-electron chi connectivity index (χ4n) is 2.23. The van der Waals surface area contributed by atoms with Crippen LogP contribution in [-0.4, -0.2) is 32.9 Å². The van der Waals surface area contributed by atoms with Gasteiger partial charge in [0, 0.05) is 12.5 Å². The topological polar surface area (TPSA) is 72.2 Å². The molecule has 2 atom stereocenters. The lowest BCUT2D eigenvalue weighted by Crippen LogP contribution is -2.41. The Labute approximate surface area is 117 Å². The molecule has 0 spiro atoms. The molecule has 0 aromatic carbocycles. The van der Waals surface area contributed by atoms with Crippen LogP contribution in [0.1, 0.15) is 32.1 Å². The number of hydrogen-bond donors (Lipinski definition) is 2. The summed E-state index contributed by atoms with van der Waals surface area (Å²) in [6, 6.07) is -0.217. The number of alkyl halides is 3. The van der Waals surface area contributed by atoms with Crippen LogP contribution in [-0.2, 0) is 10.0 Å². The third-order valence-corrected chi connectivity index (χ3v) is 4.65. The number of nitrogens with one attached hydrogen (secondary N) is 1. The molecular weight excluding hydrogens is 305 g/mol. The van der Waals surface area contributed by atoms with Crippen LogP contribution in [0.15, 0.2) is 0 Å². The van der Waals surface area contributed by atoms with Crippen molar-refractivity contribution in [3.05, 3.63) is 0 Å². The summed E-state index contributed by atoms with van der Waals surface area (Å²) in [6.45, 7) is 0.399. The molecule has 0 aromatic heterocycles. The molecule has 0 aromatic rings. The number of nitrogens with two attached hydrogens (primary N) is 1. The summed E-state index contributed by atoms with van der Waals surface area (Å²) in [7, 11) is -3.64. The van der Waals surface area contributed by atoms with Gasteiger partial charge in [0.25, 0.3) is 0 Å². The minimum absolute atomic E-state index is 0. The molecule has 0 saturated heterocycles. The Kier molecular flexibility index (Phi) is 7.64. The van der Waals surface area contributed by atoms with Gasteiger partial charge in [0.1, 0.15) is 0 Å². The summed E-state index contributed by atoms with van der Waals surface area (Å²) in [4.78, 5) is 0. The van der Waals surface area contributed by atoms with Gasteiger partial charge in [0.15, 0.2) is 0 Å². The molecule has 0 amide bonds. The predicted octanol–water partition coefficient (Wildman–Crippen LogP) is 1.80. The van der Waals surface area contributed by atoms with Crippen molar-refractivity contribution in [1.29, 1.82) is 0 Å². The first-order valence-corrected chi connectivity index (χ1v) is 7.65. The highest BCUT2D eigenvalue weighted by molar-refractivity contribution is 7.89. The number of halogens is 4. The lowest BCUT2D eigenvalue weighted by Gasteiger charge is -2.19. The largest absolute Gasteiger partial charge is 0.389 e. The maximum Gasteiger partial charge on any atom is 0.389 e. The lowest BCUT2D eigenvalue weighted by molar-refractivity contribution is -0.134. The fourth-order valence-corrected chi connectivity index (χ4v) is 3.64. The van der Waals surface area contributed by atoms with Crippen molar-refractivity contribution in [2.24, 2.45) is 11.7 Å². The van der Waals surface area contributed by atoms with E-state index in [4.69, 9.17) is 5.73 Å². The normalized spacial score (nSPS) is 24.2. The van der Waals surface area contributed by atoms with Crippen molar-refractivity contribution < 1.29 is 21.6 Å². The van der Waals surface area contributed by atoms with Gasteiger partial charge in [-0.2, -0.15) is 13.2 Å². The Morgan fingerprint density at radius 1 is 1.26 bits per heavy atom. The van der Waals surface area contributed by atoms with Gasteiger partial charge in [-0.1, -0.05) is 6.42 Å². The Bertz CT molecular complexity index is 362. The molecule has 1 aliphatic carbocycles. The molecule has 116 valence electrons. The van der Waals surface area contributed by atoms with E-state index >= 15 is 0 Å². The van der Waals surface area contributed by atoms with E-state index in [2.05, 4.69) is 4.72 Å². The molecule has 1 fully saturated rings. The van der Waals surface area contributed by atoms with Crippen molar-refractivity contribution in [2.75, 3.05) is 12.3 Å². The molecular formula is C10H20ClF3N2O2S. The Balaban J connectivity index is 0.00000324. The van der Waals surface area contributed by atoms with Gasteiger partial charge in [-0.05, 0) is 31.7 Å². The van der Waals surface area contributed by atoms with Crippen LogP contribution in [0, 0.1) is 5.92 Å². The fraction of sp³-hybridized carbons (Fsp3) is 1.00. The van der Waals surface area contributed by atoms with Gasteiger partial charge < -0.3 is 5.73 Å². The van der Waals surface area contributed by atoms with Crippen LogP contribution in [0.5, 0.6) is 0 Å². The number of sulfonamides is 1. The van der Waals surface area contributed by atoms with E-state index in [9.17, 15) is 21.6 Å². The van der Waals surface area contributed by atoms with Crippen molar-refractivity contribution in [2.45, 2.75) is 44.3 Å². The molecule has 0 heterocycles. The summed E-state index contributed by atoms with van der Waals surface area (Å²) in [5.41, 5.74) is 5.52. The van der Waals surface area contributed by atoms with E-state index in [0.717, 1.165) is 12.8 Å². The molecule has 9 heteroatoms. The van der Waals surface area contributed by atoms with E-state index in [1.165, 1.54) is 0 Å². The molecule has 0 aliphatic heterocycles. The van der Waals surface area contributed by atoms with Crippen molar-refractivity contribution >= 4 is 22.4 Å². The van der Waals surface area contributed by atoms with E-state index in [1.807, 2.05) is 0 Å². The highest BCUT2D eigenvalue weighted by atomic mass is 35.5. The third kappa shape index (κ3) is 7.34. The van der Waals surface area contributed by atoms with Gasteiger partial charge in [0.05, 0.1) is 5.75 Å². The smallest absolute Gasteiger partial charge is 0.330 e. The first-order chi connectivity index (χ1) is 8.23. The van der Waals surface area contributed by atoms with Crippen LogP contribution in [0.2, 0.25) is 0 Å². The van der Waals surface area contributed by atoms with E-state index in [1.54, 1.807) is 0 Å². The summed E-state index contributed by atoms with van der Waals surface area (Å²) in [5.74, 6) is -0.386. The summed E-state index contributed by atoms with van der Waals surface area (Å²) in [6.07, 6.45) is -3.30. The third-order valence-electron chi connectivity index (χ3n) is 3.17. The molecule has 1 rings (SSSR count). The molecule has 0 radical (unpaired) electrons. The zero-order valence-corrected chi connectivity index (χ0v) is 12.1. The summed E-state index contributed by atoms with van der Waals surface area (Å²) >= 11 is 0. The summed E-state index contributed by atoms with van der Waals surface area (Å²) in [5, 5.41) is 0. The van der Waals surface area contributed by atoms with Gasteiger partial charge >= 0.3 is 6.18 Å². The molecule has 4 nitrogen and oxygen atoms in total. The SMILES string of the molecule is Cl.NCC1CCCC1NS(=O)(=O)CCCC(F)(F)F. The maximum absolute atomic E-state index is 11.9. The van der Waals surface area contributed by atoms with E-state index in [0.29, 0.717) is 13.0 Å². The molecule has 3 N–H and O–H groups in total. The lowest BCUT2D eigenvalue weighted by atomic mass is 10.1. The number of rotatable bonds is 6.